The molecule has 6 heavy (non-hydrogen) atoms. The van der Waals surface area contributed by atoms with Crippen LogP contribution in [0.25, 0.3) is 0 Å². The molecule has 0 saturated heterocycles. The van der Waals surface area contributed by atoms with Crippen LogP contribution in [0.5, 0.6) is 0 Å². The SMILES string of the molecule is [2H]NCCCCC. The highest BCUT2D eigenvalue weighted by molar-refractivity contribution is 4.34. The van der Waals surface area contributed by atoms with Crippen molar-refractivity contribution in [1.82, 2.24) is 0 Å². The van der Waals surface area contributed by atoms with Gasteiger partial charge in [0.2, 0.25) is 0 Å². The summed E-state index contributed by atoms with van der Waals surface area (Å²) in [6.07, 6.45) is 3.62. The van der Waals surface area contributed by atoms with E-state index in [0.29, 0.717) is 0 Å². The van der Waals surface area contributed by atoms with Crippen molar-refractivity contribution in [3.05, 3.63) is 0 Å². The van der Waals surface area contributed by atoms with Gasteiger partial charge in [-0.25, -0.2) is 0 Å². The maximum Gasteiger partial charge on any atom is 0.118 e. The first-order chi connectivity index (χ1) is 3.41. The predicted octanol–water partition coefficient (Wildman–Crippen LogP) is 1.14. The summed E-state index contributed by atoms with van der Waals surface area (Å²) in [4.78, 5) is 0. The zero-order valence-corrected chi connectivity index (χ0v) is 4.33. The average Bonchev–Trinajstić information content (AvgIpc) is 1.69. The summed E-state index contributed by atoms with van der Waals surface area (Å²) in [6, 6.07) is 0. The van der Waals surface area contributed by atoms with Gasteiger partial charge >= 0.3 is 0 Å². The van der Waals surface area contributed by atoms with Gasteiger partial charge in [-0.05, 0) is 13.0 Å². The molecule has 0 saturated carbocycles. The first-order valence-electron chi connectivity index (χ1n) is 3.06. The summed E-state index contributed by atoms with van der Waals surface area (Å²) in [6.45, 7) is 3.00. The van der Waals surface area contributed by atoms with Gasteiger partial charge < -0.3 is 5.73 Å². The van der Waals surface area contributed by atoms with Crippen LogP contribution in [-0.4, -0.2) is 6.54 Å². The fourth-order valence-electron chi connectivity index (χ4n) is 0.375. The lowest BCUT2D eigenvalue weighted by Crippen LogP contribution is -1.96. The summed E-state index contributed by atoms with van der Waals surface area (Å²) in [5.74, 6) is 0. The Morgan fingerprint density at radius 2 is 2.50 bits per heavy atom. The lowest BCUT2D eigenvalue weighted by Gasteiger charge is -1.86. The number of unbranched alkanes of at least 4 members (excludes halogenated alkanes) is 2. The van der Waals surface area contributed by atoms with Crippen LogP contribution in [0.15, 0.2) is 0 Å². The maximum absolute atomic E-state index is 6.53. The van der Waals surface area contributed by atoms with Crippen LogP contribution in [0.4, 0.5) is 0 Å². The molecule has 0 rings (SSSR count). The van der Waals surface area contributed by atoms with Crippen molar-refractivity contribution in [3.8, 4) is 0 Å². The molecule has 0 aromatic heterocycles. The summed E-state index contributed by atoms with van der Waals surface area (Å²) >= 11 is 0. The molecule has 0 bridgehead atoms. The second-order valence-corrected chi connectivity index (χ2v) is 1.46. The molecule has 0 aromatic carbocycles. The van der Waals surface area contributed by atoms with E-state index in [1.165, 1.54) is 12.8 Å². The van der Waals surface area contributed by atoms with E-state index in [0.717, 1.165) is 13.0 Å². The number of nitrogens with two attached hydrogens (primary N) is 1. The summed E-state index contributed by atoms with van der Waals surface area (Å²) in [5.41, 5.74) is 2.35. The van der Waals surface area contributed by atoms with E-state index >= 15 is 0 Å². The number of hydrogen-bond acceptors (Lipinski definition) is 1. The van der Waals surface area contributed by atoms with Crippen molar-refractivity contribution >= 4 is 0 Å². The van der Waals surface area contributed by atoms with E-state index in [4.69, 9.17) is 1.41 Å². The van der Waals surface area contributed by atoms with Crippen molar-refractivity contribution in [1.29, 1.82) is 0 Å². The lowest BCUT2D eigenvalue weighted by atomic mass is 10.3. The van der Waals surface area contributed by atoms with Crippen LogP contribution in [0.2, 0.25) is 1.41 Å². The molecule has 0 amide bonds. The van der Waals surface area contributed by atoms with Gasteiger partial charge in [-0.3, -0.25) is 0 Å². The van der Waals surface area contributed by atoms with E-state index in [-0.39, 0.29) is 0 Å². The van der Waals surface area contributed by atoms with E-state index in [9.17, 15) is 0 Å². The van der Waals surface area contributed by atoms with Crippen molar-refractivity contribution < 1.29 is 1.41 Å². The van der Waals surface area contributed by atoms with Crippen molar-refractivity contribution in [2.45, 2.75) is 26.2 Å². The average molecular weight is 88.2 g/mol. The second kappa shape index (κ2) is 4.96. The van der Waals surface area contributed by atoms with E-state index in [2.05, 4.69) is 12.7 Å². The third-order valence-corrected chi connectivity index (χ3v) is 0.780. The molecule has 0 heterocycles. The van der Waals surface area contributed by atoms with Crippen molar-refractivity contribution in [2.75, 3.05) is 6.54 Å². The Labute approximate surface area is 41.0 Å². The Morgan fingerprint density at radius 3 is 3.00 bits per heavy atom. The molecule has 1 heteroatoms. The van der Waals surface area contributed by atoms with E-state index in [1.54, 1.807) is 0 Å². The number of hydrogen-bond donors (Lipinski definition) is 1. The summed E-state index contributed by atoms with van der Waals surface area (Å²) < 4.78 is 6.53. The van der Waals surface area contributed by atoms with Crippen LogP contribution < -0.4 is 5.73 Å². The second-order valence-electron chi connectivity index (χ2n) is 1.46. The maximum atomic E-state index is 6.53. The minimum atomic E-state index is 0.841. The molecule has 0 aliphatic heterocycles. The first kappa shape index (κ1) is 4.13. The van der Waals surface area contributed by atoms with Gasteiger partial charge in [-0.15, -0.1) is 0 Å². The predicted molar refractivity (Wildman–Crippen MR) is 28.6 cm³/mol. The van der Waals surface area contributed by atoms with Crippen LogP contribution in [0, 0.1) is 0 Å². The van der Waals surface area contributed by atoms with Gasteiger partial charge in [0.1, 0.15) is 1.41 Å². The normalized spacial score (nSPS) is 11.2. The van der Waals surface area contributed by atoms with E-state index < -0.39 is 0 Å². The smallest absolute Gasteiger partial charge is 0.118 e. The Kier molecular flexibility index (Phi) is 3.41. The van der Waals surface area contributed by atoms with Crippen molar-refractivity contribution in [3.63, 3.8) is 0 Å². The Bertz CT molecular complexity index is 27.3. The standard InChI is InChI=1S/C5H13N/c1-2-3-4-5-6/h2-6H2,1H3/i/hD. The van der Waals surface area contributed by atoms with Crippen LogP contribution >= 0.6 is 0 Å². The molecule has 38 valence electrons. The molecule has 0 spiro atoms. The molecule has 0 aromatic rings. The minimum absolute atomic E-state index is 0.841. The Hall–Kier alpha value is -0.0400. The van der Waals surface area contributed by atoms with Crippen LogP contribution in [-0.2, 0) is 0 Å². The molecule has 0 aliphatic carbocycles. The first-order valence-corrected chi connectivity index (χ1v) is 2.56. The molecular formula is C5H13N. The highest BCUT2D eigenvalue weighted by atomic mass is 14.5. The van der Waals surface area contributed by atoms with Crippen molar-refractivity contribution in [2.24, 2.45) is 5.73 Å². The third kappa shape index (κ3) is 3.96. The monoisotopic (exact) mass is 88.1 g/mol. The highest BCUT2D eigenvalue weighted by Gasteiger charge is 1.75. The highest BCUT2D eigenvalue weighted by Crippen LogP contribution is 1.88. The summed E-state index contributed by atoms with van der Waals surface area (Å²) in [5, 5.41) is 0. The molecule has 0 atom stereocenters. The van der Waals surface area contributed by atoms with Gasteiger partial charge in [0, 0.05) is 0 Å². The van der Waals surface area contributed by atoms with Gasteiger partial charge in [-0.1, -0.05) is 19.8 Å². The molecule has 1 nitrogen and oxygen atoms in total. The van der Waals surface area contributed by atoms with Gasteiger partial charge in [0.25, 0.3) is 0 Å². The largest absolute Gasteiger partial charge is 0.330 e. The lowest BCUT2D eigenvalue weighted by molar-refractivity contribution is 0.727. The molecule has 0 aliphatic rings. The van der Waals surface area contributed by atoms with E-state index in [1.807, 2.05) is 0 Å². The Morgan fingerprint density at radius 1 is 1.67 bits per heavy atom. The topological polar surface area (TPSA) is 26.0 Å². The fraction of sp³-hybridized carbons (Fsp3) is 1.00. The fourth-order valence-corrected chi connectivity index (χ4v) is 0.375. The molecule has 0 unspecified atom stereocenters. The summed E-state index contributed by atoms with van der Waals surface area (Å²) in [7, 11) is 0. The molecule has 0 radical (unpaired) electrons. The molecular weight excluding hydrogens is 74.1 g/mol. The third-order valence-electron chi connectivity index (χ3n) is 0.780. The molecule has 0 fully saturated rings. The number of rotatable bonds is 4. The van der Waals surface area contributed by atoms with Gasteiger partial charge in [0.15, 0.2) is 0 Å². The van der Waals surface area contributed by atoms with Gasteiger partial charge in [-0.2, -0.15) is 0 Å². The zero-order valence-electron chi connectivity index (χ0n) is 5.33. The van der Waals surface area contributed by atoms with Crippen LogP contribution in [0.3, 0.4) is 0 Å². The van der Waals surface area contributed by atoms with Crippen LogP contribution in [0.1, 0.15) is 26.2 Å². The minimum Gasteiger partial charge on any atom is -0.330 e. The zero-order chi connectivity index (χ0) is 5.54. The molecule has 2 N–H and O–H groups in total. The van der Waals surface area contributed by atoms with Gasteiger partial charge in [0.05, 0.1) is 0 Å². The quantitative estimate of drug-likeness (QED) is 0.512. The Balaban J connectivity index is 2.45.